The third-order valence-corrected chi connectivity index (χ3v) is 5.46. The number of ether oxygens (including phenoxy) is 3. The van der Waals surface area contributed by atoms with Gasteiger partial charge in [0.2, 0.25) is 0 Å². The van der Waals surface area contributed by atoms with Crippen LogP contribution in [-0.2, 0) is 11.3 Å². The molecule has 1 aliphatic rings. The summed E-state index contributed by atoms with van der Waals surface area (Å²) < 4.78 is 16.0. The molecule has 3 rings (SSSR count). The molecule has 174 valence electrons. The minimum Gasteiger partial charge on any atom is -0.504 e. The zero-order chi connectivity index (χ0) is 22.8. The van der Waals surface area contributed by atoms with Crippen molar-refractivity contribution < 1.29 is 19.3 Å². The second kappa shape index (κ2) is 12.2. The summed E-state index contributed by atoms with van der Waals surface area (Å²) in [5, 5.41) is 16.8. The average Bonchev–Trinajstić information content (AvgIpc) is 2.83. The second-order valence-corrected chi connectivity index (χ2v) is 7.52. The Morgan fingerprint density at radius 3 is 2.47 bits per heavy atom. The minimum atomic E-state index is 0.116. The molecule has 1 heterocycles. The van der Waals surface area contributed by atoms with Crippen LogP contribution in [0.25, 0.3) is 0 Å². The van der Waals surface area contributed by atoms with Crippen LogP contribution in [0.1, 0.15) is 24.1 Å². The van der Waals surface area contributed by atoms with E-state index < -0.39 is 0 Å². The van der Waals surface area contributed by atoms with Gasteiger partial charge in [-0.2, -0.15) is 0 Å². The van der Waals surface area contributed by atoms with Gasteiger partial charge in [-0.15, -0.1) is 0 Å². The predicted molar refractivity (Wildman–Crippen MR) is 126 cm³/mol. The van der Waals surface area contributed by atoms with E-state index in [2.05, 4.69) is 27.7 Å². The van der Waals surface area contributed by atoms with Crippen molar-refractivity contribution in [3.8, 4) is 17.2 Å². The van der Waals surface area contributed by atoms with E-state index >= 15 is 0 Å². The Morgan fingerprint density at radius 2 is 1.84 bits per heavy atom. The number of benzene rings is 2. The van der Waals surface area contributed by atoms with Crippen molar-refractivity contribution in [2.45, 2.75) is 19.5 Å². The lowest BCUT2D eigenvalue weighted by atomic mass is 10.0. The molecule has 0 bridgehead atoms. The molecule has 2 aromatic rings. The number of phenolic OH excluding ortho intramolecular Hbond substituents is 1. The van der Waals surface area contributed by atoms with Crippen LogP contribution >= 0.6 is 0 Å². The first-order valence-corrected chi connectivity index (χ1v) is 11.0. The first-order chi connectivity index (χ1) is 15.6. The third-order valence-electron chi connectivity index (χ3n) is 5.46. The van der Waals surface area contributed by atoms with Gasteiger partial charge in [-0.1, -0.05) is 18.2 Å². The molecule has 1 saturated heterocycles. The first kappa shape index (κ1) is 23.7. The molecule has 0 aromatic heterocycles. The summed E-state index contributed by atoms with van der Waals surface area (Å²) in [5.74, 6) is 2.15. The highest BCUT2D eigenvalue weighted by atomic mass is 16.5. The number of hydrogen-bond donors (Lipinski definition) is 3. The van der Waals surface area contributed by atoms with Crippen LogP contribution in [0.3, 0.4) is 0 Å². The topological polar surface area (TPSA) is 87.6 Å². The predicted octanol–water partition coefficient (Wildman–Crippen LogP) is 2.54. The number of nitrogens with zero attached hydrogens (tertiary/aromatic N) is 2. The highest BCUT2D eigenvalue weighted by molar-refractivity contribution is 5.79. The van der Waals surface area contributed by atoms with Crippen molar-refractivity contribution in [3.05, 3.63) is 53.6 Å². The molecular formula is C24H34N4O4. The van der Waals surface area contributed by atoms with Crippen molar-refractivity contribution >= 4 is 5.96 Å². The van der Waals surface area contributed by atoms with Gasteiger partial charge in [0.1, 0.15) is 5.75 Å². The molecule has 2 aromatic carbocycles. The average molecular weight is 443 g/mol. The Hall–Kier alpha value is -2.97. The molecule has 3 N–H and O–H groups in total. The molecule has 1 fully saturated rings. The SMILES string of the molecule is CCNC(=NCc1ccc(OC)c(O)c1)NCC(c1ccc(OC)cc1)N1CCOCC1. The monoisotopic (exact) mass is 442 g/mol. The van der Waals surface area contributed by atoms with Crippen LogP contribution in [0.15, 0.2) is 47.5 Å². The molecule has 0 saturated carbocycles. The Morgan fingerprint density at radius 1 is 1.09 bits per heavy atom. The molecule has 1 aliphatic heterocycles. The van der Waals surface area contributed by atoms with Crippen LogP contribution in [0.4, 0.5) is 0 Å². The molecule has 0 amide bonds. The number of rotatable bonds is 9. The van der Waals surface area contributed by atoms with Crippen LogP contribution in [-0.4, -0.2) is 69.6 Å². The lowest BCUT2D eigenvalue weighted by molar-refractivity contribution is 0.0170. The number of aromatic hydroxyl groups is 1. The number of phenols is 1. The summed E-state index contributed by atoms with van der Waals surface area (Å²) >= 11 is 0. The fourth-order valence-corrected chi connectivity index (χ4v) is 3.71. The fourth-order valence-electron chi connectivity index (χ4n) is 3.71. The van der Waals surface area contributed by atoms with Gasteiger partial charge in [0, 0.05) is 26.2 Å². The van der Waals surface area contributed by atoms with E-state index in [1.54, 1.807) is 19.2 Å². The summed E-state index contributed by atoms with van der Waals surface area (Å²) in [6.07, 6.45) is 0. The van der Waals surface area contributed by atoms with Crippen LogP contribution in [0, 0.1) is 0 Å². The van der Waals surface area contributed by atoms with Crippen molar-refractivity contribution in [1.29, 1.82) is 0 Å². The van der Waals surface area contributed by atoms with Gasteiger partial charge in [0.15, 0.2) is 17.5 Å². The van der Waals surface area contributed by atoms with E-state index in [1.807, 2.05) is 25.1 Å². The van der Waals surface area contributed by atoms with E-state index in [4.69, 9.17) is 19.2 Å². The van der Waals surface area contributed by atoms with E-state index in [-0.39, 0.29) is 11.8 Å². The maximum atomic E-state index is 10.0. The normalized spacial score (nSPS) is 15.8. The number of aliphatic imine (C=N–C) groups is 1. The van der Waals surface area contributed by atoms with E-state index in [9.17, 15) is 5.11 Å². The molecule has 1 atom stereocenters. The lowest BCUT2D eigenvalue weighted by Gasteiger charge is -2.35. The molecule has 32 heavy (non-hydrogen) atoms. The number of morpholine rings is 1. The Kier molecular flexibility index (Phi) is 9.01. The van der Waals surface area contributed by atoms with Gasteiger partial charge in [-0.25, -0.2) is 4.99 Å². The molecule has 1 unspecified atom stereocenters. The van der Waals surface area contributed by atoms with Crippen LogP contribution in [0.2, 0.25) is 0 Å². The van der Waals surface area contributed by atoms with Gasteiger partial charge in [0.05, 0.1) is 40.0 Å². The highest BCUT2D eigenvalue weighted by Gasteiger charge is 2.23. The van der Waals surface area contributed by atoms with E-state index in [0.717, 1.165) is 50.1 Å². The number of nitrogens with one attached hydrogen (secondary N) is 2. The van der Waals surface area contributed by atoms with E-state index in [0.29, 0.717) is 18.8 Å². The van der Waals surface area contributed by atoms with Crippen molar-refractivity contribution in [3.63, 3.8) is 0 Å². The Balaban J connectivity index is 1.71. The lowest BCUT2D eigenvalue weighted by Crippen LogP contribution is -2.46. The quantitative estimate of drug-likeness (QED) is 0.406. The van der Waals surface area contributed by atoms with Gasteiger partial charge >= 0.3 is 0 Å². The van der Waals surface area contributed by atoms with Gasteiger partial charge in [-0.05, 0) is 42.3 Å². The smallest absolute Gasteiger partial charge is 0.191 e. The molecule has 8 nitrogen and oxygen atoms in total. The standard InChI is InChI=1S/C24H34N4O4/c1-4-25-24(26-16-18-5-10-23(31-3)22(29)15-18)27-17-21(28-11-13-32-14-12-28)19-6-8-20(30-2)9-7-19/h5-10,15,21,29H,4,11-14,16-17H2,1-3H3,(H2,25,26,27). The first-order valence-electron chi connectivity index (χ1n) is 11.0. The summed E-state index contributed by atoms with van der Waals surface area (Å²) in [6.45, 7) is 7.19. The van der Waals surface area contributed by atoms with Crippen molar-refractivity contribution in [2.24, 2.45) is 4.99 Å². The molecule has 0 radical (unpaired) electrons. The Bertz CT molecular complexity index is 867. The minimum absolute atomic E-state index is 0.116. The molecular weight excluding hydrogens is 408 g/mol. The largest absolute Gasteiger partial charge is 0.504 e. The molecule has 0 spiro atoms. The fraction of sp³-hybridized carbons (Fsp3) is 0.458. The summed E-state index contributed by atoms with van der Waals surface area (Å²) in [5.41, 5.74) is 2.12. The number of guanidine groups is 1. The van der Waals surface area contributed by atoms with Crippen LogP contribution < -0.4 is 20.1 Å². The van der Waals surface area contributed by atoms with Gasteiger partial charge < -0.3 is 30.0 Å². The Labute approximate surface area is 190 Å². The molecule has 0 aliphatic carbocycles. The van der Waals surface area contributed by atoms with Crippen molar-refractivity contribution in [2.75, 3.05) is 53.6 Å². The number of hydrogen-bond acceptors (Lipinski definition) is 6. The van der Waals surface area contributed by atoms with E-state index in [1.165, 1.54) is 12.7 Å². The van der Waals surface area contributed by atoms with Crippen molar-refractivity contribution in [1.82, 2.24) is 15.5 Å². The maximum Gasteiger partial charge on any atom is 0.191 e. The summed E-state index contributed by atoms with van der Waals surface area (Å²) in [6, 6.07) is 13.7. The zero-order valence-electron chi connectivity index (χ0n) is 19.1. The third kappa shape index (κ3) is 6.51. The second-order valence-electron chi connectivity index (χ2n) is 7.52. The van der Waals surface area contributed by atoms with Gasteiger partial charge in [-0.3, -0.25) is 4.90 Å². The summed E-state index contributed by atoms with van der Waals surface area (Å²) in [7, 11) is 3.21. The van der Waals surface area contributed by atoms with Gasteiger partial charge in [0.25, 0.3) is 0 Å². The maximum absolute atomic E-state index is 10.0. The number of methoxy groups -OCH3 is 2. The van der Waals surface area contributed by atoms with Crippen LogP contribution in [0.5, 0.6) is 17.2 Å². The zero-order valence-corrected chi connectivity index (χ0v) is 19.1. The molecule has 8 heteroatoms. The summed E-state index contributed by atoms with van der Waals surface area (Å²) in [4.78, 5) is 7.13. The highest BCUT2D eigenvalue weighted by Crippen LogP contribution is 2.26.